The van der Waals surface area contributed by atoms with E-state index in [0.29, 0.717) is 18.3 Å². The van der Waals surface area contributed by atoms with Crippen molar-refractivity contribution in [2.75, 3.05) is 13.2 Å². The van der Waals surface area contributed by atoms with Crippen molar-refractivity contribution >= 4 is 0 Å². The highest BCUT2D eigenvalue weighted by Crippen LogP contribution is 2.59. The number of hydrogen-bond acceptors (Lipinski definition) is 2. The van der Waals surface area contributed by atoms with Gasteiger partial charge in [-0.05, 0) is 131 Å². The van der Waals surface area contributed by atoms with Gasteiger partial charge in [0.15, 0.2) is 0 Å². The highest BCUT2D eigenvalue weighted by molar-refractivity contribution is 5.85. The van der Waals surface area contributed by atoms with E-state index in [9.17, 15) is 10.2 Å². The van der Waals surface area contributed by atoms with E-state index in [1.165, 1.54) is 89.0 Å². The van der Waals surface area contributed by atoms with Gasteiger partial charge in [0.25, 0.3) is 0 Å². The maximum absolute atomic E-state index is 11.0. The highest BCUT2D eigenvalue weighted by Gasteiger charge is 2.52. The average molecular weight is 915 g/mol. The molecule has 0 unspecified atom stereocenters. The van der Waals surface area contributed by atoms with Crippen LogP contribution in [-0.2, 0) is 17.3 Å². The second-order valence-electron chi connectivity index (χ2n) is 20.0. The van der Waals surface area contributed by atoms with Crippen LogP contribution in [0.15, 0.2) is 243 Å². The molecule has 0 amide bonds. The van der Waals surface area contributed by atoms with E-state index >= 15 is 0 Å². The summed E-state index contributed by atoms with van der Waals surface area (Å²) in [7, 11) is 0. The molecule has 5 aliphatic rings. The van der Waals surface area contributed by atoms with E-state index in [1.807, 2.05) is 0 Å². The molecule has 0 heterocycles. The van der Waals surface area contributed by atoms with Crippen molar-refractivity contribution in [3.63, 3.8) is 0 Å². The van der Waals surface area contributed by atoms with Crippen molar-refractivity contribution in [3.8, 4) is 55.6 Å². The quantitative estimate of drug-likeness (QED) is 0.174. The van der Waals surface area contributed by atoms with Gasteiger partial charge in [0.2, 0.25) is 0 Å². The zero-order chi connectivity index (χ0) is 47.5. The Bertz CT molecular complexity index is 3230. The Morgan fingerprint density at radius 1 is 0.282 bits per heavy atom. The van der Waals surface area contributed by atoms with Gasteiger partial charge in [-0.15, -0.1) is 0 Å². The number of aliphatic hydroxyl groups is 2. The molecule has 10 aromatic carbocycles. The summed E-state index contributed by atoms with van der Waals surface area (Å²) in [6.45, 7) is -0.0137. The molecule has 71 heavy (non-hydrogen) atoms. The van der Waals surface area contributed by atoms with Gasteiger partial charge in [-0.3, -0.25) is 0 Å². The minimum Gasteiger partial charge on any atom is -0.395 e. The number of hydrogen-bond donors (Lipinski definition) is 2. The molecule has 15 rings (SSSR count). The van der Waals surface area contributed by atoms with Crippen molar-refractivity contribution in [2.24, 2.45) is 0 Å². The summed E-state index contributed by atoms with van der Waals surface area (Å²) < 4.78 is 0. The zero-order valence-electron chi connectivity index (χ0n) is 39.7. The van der Waals surface area contributed by atoms with Crippen molar-refractivity contribution in [1.82, 2.24) is 0 Å². The van der Waals surface area contributed by atoms with Crippen molar-refractivity contribution in [3.05, 3.63) is 298 Å². The van der Waals surface area contributed by atoms with E-state index in [1.54, 1.807) is 0 Å². The Balaban J connectivity index is 0.000000112. The molecule has 0 bridgehead atoms. The molecule has 0 radical (unpaired) electrons. The molecule has 342 valence electrons. The van der Waals surface area contributed by atoms with Crippen molar-refractivity contribution < 1.29 is 10.2 Å². The highest BCUT2D eigenvalue weighted by atomic mass is 16.3. The molecule has 10 aromatic rings. The molecule has 2 nitrogen and oxygen atoms in total. The fraction of sp³-hybridized carbons (Fsp3) is 0.130. The molecule has 2 N–H and O–H groups in total. The van der Waals surface area contributed by atoms with Gasteiger partial charge in [0, 0.05) is 22.7 Å². The zero-order valence-corrected chi connectivity index (χ0v) is 39.7. The Morgan fingerprint density at radius 2 is 0.521 bits per heavy atom. The third kappa shape index (κ3) is 6.77. The Hall–Kier alpha value is -7.88. The monoisotopic (exact) mass is 914 g/mol. The van der Waals surface area contributed by atoms with Crippen LogP contribution in [0.4, 0.5) is 0 Å². The van der Waals surface area contributed by atoms with Crippen LogP contribution < -0.4 is 0 Å². The molecule has 0 saturated carbocycles. The lowest BCUT2D eigenvalue weighted by Gasteiger charge is -2.40. The summed E-state index contributed by atoms with van der Waals surface area (Å²) >= 11 is 0. The first kappa shape index (κ1) is 43.2. The summed E-state index contributed by atoms with van der Waals surface area (Å²) in [6.07, 6.45) is 2.84. The topological polar surface area (TPSA) is 40.5 Å². The molecule has 2 heteroatoms. The summed E-state index contributed by atoms with van der Waals surface area (Å²) in [5.74, 6) is 0.920. The van der Waals surface area contributed by atoms with E-state index in [0.717, 1.165) is 35.1 Å². The van der Waals surface area contributed by atoms with Gasteiger partial charge < -0.3 is 10.2 Å². The summed E-state index contributed by atoms with van der Waals surface area (Å²) in [5, 5.41) is 22.0. The van der Waals surface area contributed by atoms with Crippen molar-refractivity contribution in [1.29, 1.82) is 0 Å². The SMILES string of the molecule is OCC1(CC2(CO)c3ccccc3-c3ccccc32)c2ccccc2-c2ccccc21.c1ccc2c(c1)-c1ccccc1C2CC1c2ccccc2-c2ccccc21.c1ccc2c(c1)Cc1ccccc1-2. The lowest BCUT2D eigenvalue weighted by Crippen LogP contribution is -2.42. The Kier molecular flexibility index (Phi) is 10.6. The van der Waals surface area contributed by atoms with Gasteiger partial charge in [-0.2, -0.15) is 0 Å². The second-order valence-corrected chi connectivity index (χ2v) is 20.0. The van der Waals surface area contributed by atoms with E-state index < -0.39 is 10.8 Å². The molecule has 0 saturated heterocycles. The Labute approximate surface area is 417 Å². The normalized spacial score (nSPS) is 14.9. The molecular weight excluding hydrogens is 861 g/mol. The summed E-state index contributed by atoms with van der Waals surface area (Å²) in [6, 6.07) is 86.8. The molecule has 0 aromatic heterocycles. The lowest BCUT2D eigenvalue weighted by atomic mass is 9.63. The molecule has 0 atom stereocenters. The van der Waals surface area contributed by atoms with Crippen LogP contribution in [0, 0.1) is 0 Å². The number of rotatable bonds is 6. The summed E-state index contributed by atoms with van der Waals surface area (Å²) in [4.78, 5) is 0. The standard InChI is InChI=1S/C29H24O2.C27H20.C13H10/c30-18-28(24-13-5-1-9-20(24)21-10-2-6-14-25(21)28)17-29(19-31)26-15-7-3-11-22(26)23-12-4-8-16-27(23)29;1-5-13-22-18(9-1)19-10-2-6-14-23(19)26(22)17-27-24-15-7-3-11-20(24)21-12-4-8-16-25(21)27;1-3-7-12-10(5-1)9-11-6-2-4-8-13(11)12/h1-16,30-31H,17-19H2;1-16,26-27H,17H2;1-8H,9H2. The first-order valence-electron chi connectivity index (χ1n) is 25.2. The van der Waals surface area contributed by atoms with Crippen LogP contribution in [0.5, 0.6) is 0 Å². The predicted molar refractivity (Wildman–Crippen MR) is 291 cm³/mol. The van der Waals surface area contributed by atoms with Crippen molar-refractivity contribution in [2.45, 2.75) is 41.9 Å². The fourth-order valence-corrected chi connectivity index (χ4v) is 13.5. The predicted octanol–water partition coefficient (Wildman–Crippen LogP) is 15.6. The van der Waals surface area contributed by atoms with Gasteiger partial charge in [0.05, 0.1) is 13.2 Å². The minimum atomic E-state index is -0.583. The molecule has 0 aliphatic heterocycles. The minimum absolute atomic E-state index is 0.00683. The summed E-state index contributed by atoms with van der Waals surface area (Å²) in [5.41, 5.74) is 25.5. The van der Waals surface area contributed by atoms with E-state index in [4.69, 9.17) is 0 Å². The number of benzene rings is 10. The maximum Gasteiger partial charge on any atom is 0.0569 e. The molecule has 5 aliphatic carbocycles. The molecular formula is C69H54O2. The van der Waals surface area contributed by atoms with Crippen LogP contribution in [0.3, 0.4) is 0 Å². The van der Waals surface area contributed by atoms with Gasteiger partial charge >= 0.3 is 0 Å². The first-order valence-corrected chi connectivity index (χ1v) is 25.2. The first-order chi connectivity index (χ1) is 35.1. The van der Waals surface area contributed by atoms with Crippen LogP contribution in [0.1, 0.15) is 80.3 Å². The third-order valence-corrected chi connectivity index (χ3v) is 16.6. The maximum atomic E-state index is 11.0. The van der Waals surface area contributed by atoms with E-state index in [-0.39, 0.29) is 13.2 Å². The lowest BCUT2D eigenvalue weighted by molar-refractivity contribution is 0.154. The smallest absolute Gasteiger partial charge is 0.0569 e. The fourth-order valence-electron chi connectivity index (χ4n) is 13.5. The van der Waals surface area contributed by atoms with Crippen LogP contribution in [0.25, 0.3) is 55.6 Å². The van der Waals surface area contributed by atoms with Gasteiger partial charge in [-0.1, -0.05) is 243 Å². The van der Waals surface area contributed by atoms with Gasteiger partial charge in [0.1, 0.15) is 0 Å². The van der Waals surface area contributed by atoms with Crippen LogP contribution >= 0.6 is 0 Å². The average Bonchev–Trinajstić information content (AvgIpc) is 4.22. The molecule has 0 fully saturated rings. The number of aliphatic hydroxyl groups excluding tert-OH is 2. The number of fused-ring (bicyclic) bond motifs is 15. The van der Waals surface area contributed by atoms with Gasteiger partial charge in [-0.25, -0.2) is 0 Å². The third-order valence-electron chi connectivity index (χ3n) is 16.6. The van der Waals surface area contributed by atoms with Crippen LogP contribution in [-0.4, -0.2) is 23.4 Å². The molecule has 0 spiro atoms. The van der Waals surface area contributed by atoms with Crippen LogP contribution in [0.2, 0.25) is 0 Å². The second kappa shape index (κ2) is 17.5. The van der Waals surface area contributed by atoms with E-state index in [2.05, 4.69) is 243 Å². The largest absolute Gasteiger partial charge is 0.395 e. The Morgan fingerprint density at radius 3 is 0.817 bits per heavy atom.